The van der Waals surface area contributed by atoms with E-state index >= 15 is 0 Å². The summed E-state index contributed by atoms with van der Waals surface area (Å²) in [6.07, 6.45) is -0.155. The number of hydrogen-bond acceptors (Lipinski definition) is 4. The van der Waals surface area contributed by atoms with Crippen LogP contribution in [0.25, 0.3) is 0 Å². The van der Waals surface area contributed by atoms with Gasteiger partial charge in [0, 0.05) is 13.1 Å². The summed E-state index contributed by atoms with van der Waals surface area (Å²) >= 11 is 0. The van der Waals surface area contributed by atoms with E-state index in [0.29, 0.717) is 19.8 Å². The number of rotatable bonds is 4. The molecule has 0 aromatic rings. The molecule has 5 nitrogen and oxygen atoms in total. The topological polar surface area (TPSA) is 72.6 Å². The predicted octanol–water partition coefficient (Wildman–Crippen LogP) is -1.24. The quantitative estimate of drug-likeness (QED) is 0.557. The largest absolute Gasteiger partial charge is 0.379 e. The Hall–Kier alpha value is -0.940. The molecule has 1 fully saturated rings. The van der Waals surface area contributed by atoms with Crippen molar-refractivity contribution in [2.24, 2.45) is 5.73 Å². The van der Waals surface area contributed by atoms with Gasteiger partial charge in [0.25, 0.3) is 0 Å². The van der Waals surface area contributed by atoms with Gasteiger partial charge in [-0.2, -0.15) is 0 Å². The van der Waals surface area contributed by atoms with Crippen LogP contribution >= 0.6 is 0 Å². The fraction of sp³-hybridized carbons (Fsp3) is 0.750. The Morgan fingerprint density at radius 1 is 1.31 bits per heavy atom. The van der Waals surface area contributed by atoms with E-state index in [1.165, 1.54) is 0 Å². The number of ether oxygens (including phenoxy) is 1. The zero-order valence-electron chi connectivity index (χ0n) is 7.49. The Bertz CT molecular complexity index is 200. The molecule has 0 saturated carbocycles. The van der Waals surface area contributed by atoms with Gasteiger partial charge in [0.2, 0.25) is 5.91 Å². The van der Waals surface area contributed by atoms with Gasteiger partial charge < -0.3 is 10.5 Å². The highest BCUT2D eigenvalue weighted by atomic mass is 16.5. The molecule has 13 heavy (non-hydrogen) atoms. The van der Waals surface area contributed by atoms with Crippen molar-refractivity contribution in [2.75, 3.05) is 32.8 Å². The molecule has 1 aliphatic rings. The second kappa shape index (κ2) is 4.94. The minimum absolute atomic E-state index is 0.116. The molecule has 0 spiro atoms. The summed E-state index contributed by atoms with van der Waals surface area (Å²) in [5.41, 5.74) is 4.90. The molecule has 1 saturated heterocycles. The van der Waals surface area contributed by atoms with Crippen molar-refractivity contribution in [3.8, 4) is 0 Å². The number of amides is 1. The maximum Gasteiger partial charge on any atom is 0.224 e. The highest BCUT2D eigenvalue weighted by Gasteiger charge is 2.14. The number of Topliss-reactive ketones (excluding diaryl/α,β-unsaturated/α-hetero) is 1. The maximum atomic E-state index is 11.1. The second-order valence-corrected chi connectivity index (χ2v) is 3.07. The summed E-state index contributed by atoms with van der Waals surface area (Å²) in [6, 6.07) is 0. The Labute approximate surface area is 76.8 Å². The monoisotopic (exact) mass is 186 g/mol. The van der Waals surface area contributed by atoms with Gasteiger partial charge in [-0.15, -0.1) is 0 Å². The molecule has 0 aromatic carbocycles. The van der Waals surface area contributed by atoms with Gasteiger partial charge in [0.1, 0.15) is 0 Å². The van der Waals surface area contributed by atoms with E-state index in [-0.39, 0.29) is 12.2 Å². The zero-order valence-corrected chi connectivity index (χ0v) is 7.49. The third kappa shape index (κ3) is 4.00. The summed E-state index contributed by atoms with van der Waals surface area (Å²) in [6.45, 7) is 3.13. The standard InChI is InChI=1S/C8H14N2O3/c9-8(12)5-7(11)6-10-1-3-13-4-2-10/h1-6H2,(H2,9,12). The number of carbonyl (C=O) groups is 2. The summed E-state index contributed by atoms with van der Waals surface area (Å²) in [5, 5.41) is 0. The van der Waals surface area contributed by atoms with E-state index in [1.54, 1.807) is 0 Å². The fourth-order valence-electron chi connectivity index (χ4n) is 1.26. The van der Waals surface area contributed by atoms with Crippen LogP contribution in [0.4, 0.5) is 0 Å². The number of nitrogens with zero attached hydrogens (tertiary/aromatic N) is 1. The Morgan fingerprint density at radius 3 is 2.46 bits per heavy atom. The molecule has 0 unspecified atom stereocenters. The van der Waals surface area contributed by atoms with Gasteiger partial charge in [0.05, 0.1) is 26.2 Å². The molecular weight excluding hydrogens is 172 g/mol. The van der Waals surface area contributed by atoms with E-state index in [1.807, 2.05) is 4.90 Å². The van der Waals surface area contributed by atoms with Crippen molar-refractivity contribution in [1.82, 2.24) is 4.90 Å². The first-order valence-corrected chi connectivity index (χ1v) is 4.28. The van der Waals surface area contributed by atoms with Crippen LogP contribution in [0.15, 0.2) is 0 Å². The molecule has 1 rings (SSSR count). The molecule has 1 heterocycles. The van der Waals surface area contributed by atoms with E-state index in [0.717, 1.165) is 13.1 Å². The molecule has 1 amide bonds. The minimum Gasteiger partial charge on any atom is -0.379 e. The van der Waals surface area contributed by atoms with Crippen LogP contribution in [0, 0.1) is 0 Å². The van der Waals surface area contributed by atoms with Gasteiger partial charge in [-0.3, -0.25) is 14.5 Å². The minimum atomic E-state index is -0.557. The number of ketones is 1. The number of nitrogens with two attached hydrogens (primary N) is 1. The number of morpholine rings is 1. The highest BCUT2D eigenvalue weighted by Crippen LogP contribution is 1.97. The average molecular weight is 186 g/mol. The average Bonchev–Trinajstić information content (AvgIpc) is 2.04. The van der Waals surface area contributed by atoms with Gasteiger partial charge in [-0.1, -0.05) is 0 Å². The summed E-state index contributed by atoms with van der Waals surface area (Å²) in [4.78, 5) is 23.5. The summed E-state index contributed by atoms with van der Waals surface area (Å²) in [5.74, 6) is -0.673. The molecule has 5 heteroatoms. The molecule has 1 aliphatic heterocycles. The Balaban J connectivity index is 2.22. The molecule has 2 N–H and O–H groups in total. The molecule has 0 aromatic heterocycles. The fourth-order valence-corrected chi connectivity index (χ4v) is 1.26. The van der Waals surface area contributed by atoms with Crippen LogP contribution in [-0.2, 0) is 14.3 Å². The second-order valence-electron chi connectivity index (χ2n) is 3.07. The smallest absolute Gasteiger partial charge is 0.224 e. The molecule has 0 bridgehead atoms. The summed E-state index contributed by atoms with van der Waals surface area (Å²) < 4.78 is 5.12. The third-order valence-electron chi connectivity index (χ3n) is 1.88. The van der Waals surface area contributed by atoms with Crippen molar-refractivity contribution in [3.63, 3.8) is 0 Å². The predicted molar refractivity (Wildman–Crippen MR) is 46.1 cm³/mol. The van der Waals surface area contributed by atoms with Gasteiger partial charge >= 0.3 is 0 Å². The normalized spacial score (nSPS) is 18.5. The lowest BCUT2D eigenvalue weighted by atomic mass is 10.2. The van der Waals surface area contributed by atoms with Crippen molar-refractivity contribution in [3.05, 3.63) is 0 Å². The third-order valence-corrected chi connectivity index (χ3v) is 1.88. The van der Waals surface area contributed by atoms with Crippen LogP contribution in [0.1, 0.15) is 6.42 Å². The Morgan fingerprint density at radius 2 is 1.92 bits per heavy atom. The van der Waals surface area contributed by atoms with Crippen LogP contribution < -0.4 is 5.73 Å². The van der Waals surface area contributed by atoms with Crippen LogP contribution in [-0.4, -0.2) is 49.4 Å². The number of carbonyl (C=O) groups excluding carboxylic acids is 2. The van der Waals surface area contributed by atoms with Crippen molar-refractivity contribution >= 4 is 11.7 Å². The van der Waals surface area contributed by atoms with Crippen molar-refractivity contribution in [1.29, 1.82) is 0 Å². The lowest BCUT2D eigenvalue weighted by Gasteiger charge is -2.25. The van der Waals surface area contributed by atoms with Crippen molar-refractivity contribution in [2.45, 2.75) is 6.42 Å². The molecular formula is C8H14N2O3. The molecule has 74 valence electrons. The van der Waals surface area contributed by atoms with Gasteiger partial charge in [-0.05, 0) is 0 Å². The lowest BCUT2D eigenvalue weighted by Crippen LogP contribution is -2.40. The first-order valence-electron chi connectivity index (χ1n) is 4.28. The van der Waals surface area contributed by atoms with Gasteiger partial charge in [0.15, 0.2) is 5.78 Å². The van der Waals surface area contributed by atoms with Crippen molar-refractivity contribution < 1.29 is 14.3 Å². The zero-order chi connectivity index (χ0) is 9.68. The van der Waals surface area contributed by atoms with Gasteiger partial charge in [-0.25, -0.2) is 0 Å². The van der Waals surface area contributed by atoms with Crippen LogP contribution in [0.2, 0.25) is 0 Å². The maximum absolute atomic E-state index is 11.1. The number of primary amides is 1. The lowest BCUT2D eigenvalue weighted by molar-refractivity contribution is -0.127. The Kier molecular flexibility index (Phi) is 3.85. The first-order chi connectivity index (χ1) is 6.18. The van der Waals surface area contributed by atoms with E-state index in [9.17, 15) is 9.59 Å². The SMILES string of the molecule is NC(=O)CC(=O)CN1CCOCC1. The van der Waals surface area contributed by atoms with Crippen LogP contribution in [0.5, 0.6) is 0 Å². The van der Waals surface area contributed by atoms with E-state index < -0.39 is 5.91 Å². The van der Waals surface area contributed by atoms with E-state index in [2.05, 4.69) is 0 Å². The van der Waals surface area contributed by atoms with Crippen LogP contribution in [0.3, 0.4) is 0 Å². The molecule has 0 atom stereocenters. The molecule has 0 aliphatic carbocycles. The highest BCUT2D eigenvalue weighted by molar-refractivity contribution is 5.98. The van der Waals surface area contributed by atoms with E-state index in [4.69, 9.17) is 10.5 Å². The summed E-state index contributed by atoms with van der Waals surface area (Å²) in [7, 11) is 0. The first kappa shape index (κ1) is 10.1. The molecule has 0 radical (unpaired) electrons. The number of hydrogen-bond donors (Lipinski definition) is 1.